The van der Waals surface area contributed by atoms with Crippen molar-refractivity contribution in [3.05, 3.63) is 107 Å². The maximum atomic E-state index is 9.02. The van der Waals surface area contributed by atoms with Crippen LogP contribution in [-0.2, 0) is 26.6 Å². The van der Waals surface area contributed by atoms with Crippen molar-refractivity contribution in [1.29, 1.82) is 5.26 Å². The van der Waals surface area contributed by atoms with Crippen molar-refractivity contribution in [2.24, 2.45) is 7.05 Å². The van der Waals surface area contributed by atoms with Crippen LogP contribution in [0.1, 0.15) is 22.5 Å². The topological polar surface area (TPSA) is 61.8 Å². The summed E-state index contributed by atoms with van der Waals surface area (Å²) in [5, 5.41) is 13.7. The van der Waals surface area contributed by atoms with E-state index in [0.29, 0.717) is 28.8 Å². The minimum absolute atomic E-state index is 0.654. The van der Waals surface area contributed by atoms with Gasteiger partial charge >= 0.3 is 0 Å². The van der Waals surface area contributed by atoms with E-state index in [9.17, 15) is 0 Å². The van der Waals surface area contributed by atoms with Gasteiger partial charge in [0, 0.05) is 61.0 Å². The van der Waals surface area contributed by atoms with Crippen LogP contribution in [0.2, 0.25) is 5.02 Å². The lowest BCUT2D eigenvalue weighted by molar-refractivity contribution is 0.407. The molecule has 0 saturated carbocycles. The summed E-state index contributed by atoms with van der Waals surface area (Å²) < 4.78 is 4.24. The van der Waals surface area contributed by atoms with Gasteiger partial charge in [-0.2, -0.15) is 5.26 Å². The third kappa shape index (κ3) is 6.04. The normalized spacial score (nSPS) is 10.6. The zero-order chi connectivity index (χ0) is 23.9. The van der Waals surface area contributed by atoms with Crippen LogP contribution in [0.4, 0.5) is 5.69 Å². The summed E-state index contributed by atoms with van der Waals surface area (Å²) in [6.07, 6.45) is 6.57. The van der Waals surface area contributed by atoms with Crippen molar-refractivity contribution in [1.82, 2.24) is 19.0 Å². The number of aryl methyl sites for hydroxylation is 1. The van der Waals surface area contributed by atoms with E-state index in [0.717, 1.165) is 29.9 Å². The Bertz CT molecular complexity index is 1280. The molecule has 6 nitrogen and oxygen atoms in total. The Kier molecular flexibility index (Phi) is 7.63. The maximum absolute atomic E-state index is 9.02. The van der Waals surface area contributed by atoms with E-state index < -0.39 is 0 Å². The number of rotatable bonds is 8. The molecule has 0 atom stereocenters. The molecule has 4 aromatic rings. The molecule has 0 saturated heterocycles. The Balaban J connectivity index is 1.46. The van der Waals surface area contributed by atoms with Crippen LogP contribution >= 0.6 is 23.8 Å². The van der Waals surface area contributed by atoms with E-state index in [1.54, 1.807) is 0 Å². The number of nitrogens with zero attached hydrogens (tertiary/aromatic N) is 5. The van der Waals surface area contributed by atoms with E-state index in [-0.39, 0.29) is 0 Å². The van der Waals surface area contributed by atoms with Gasteiger partial charge in [-0.15, -0.1) is 0 Å². The number of anilines is 1. The van der Waals surface area contributed by atoms with Gasteiger partial charge in [0.15, 0.2) is 5.11 Å². The van der Waals surface area contributed by atoms with Crippen LogP contribution in [0.15, 0.2) is 79.4 Å². The summed E-state index contributed by atoms with van der Waals surface area (Å²) >= 11 is 11.8. The Hall–Kier alpha value is -3.60. The lowest BCUT2D eigenvalue weighted by atomic mass is 10.1. The van der Waals surface area contributed by atoms with Crippen LogP contribution < -0.4 is 5.32 Å². The molecule has 2 aromatic carbocycles. The molecule has 1 N–H and O–H groups in total. The Morgan fingerprint density at radius 1 is 1.12 bits per heavy atom. The number of imidazole rings is 1. The summed E-state index contributed by atoms with van der Waals surface area (Å²) in [7, 11) is 2.04. The monoisotopic (exact) mass is 488 g/mol. The highest BCUT2D eigenvalue weighted by Gasteiger charge is 2.14. The third-order valence-corrected chi connectivity index (χ3v) is 6.27. The van der Waals surface area contributed by atoms with Crippen molar-refractivity contribution in [3.63, 3.8) is 0 Å². The molecule has 2 aromatic heterocycles. The van der Waals surface area contributed by atoms with Crippen LogP contribution in [-0.4, -0.2) is 30.7 Å². The van der Waals surface area contributed by atoms with Gasteiger partial charge in [0.25, 0.3) is 0 Å². The standard InChI is InChI=1S/C26H25ClN6S/c1-31-13-2-3-25(31)18-32(26(34)30-23-10-8-22(27)9-11-23)14-12-24-16-29-19-33(24)17-21-6-4-20(15-28)5-7-21/h2-11,13,16,19H,12,14,17-18H2,1H3,(H,30,34). The van der Waals surface area contributed by atoms with Gasteiger partial charge in [0.05, 0.1) is 24.5 Å². The first-order valence-corrected chi connectivity index (χ1v) is 11.7. The summed E-state index contributed by atoms with van der Waals surface area (Å²) in [6.45, 7) is 2.11. The lowest BCUT2D eigenvalue weighted by Crippen LogP contribution is -2.36. The van der Waals surface area contributed by atoms with Crippen LogP contribution in [0.25, 0.3) is 0 Å². The number of hydrogen-bond donors (Lipinski definition) is 1. The van der Waals surface area contributed by atoms with Gasteiger partial charge in [-0.25, -0.2) is 4.98 Å². The summed E-state index contributed by atoms with van der Waals surface area (Å²) in [4.78, 5) is 6.53. The summed E-state index contributed by atoms with van der Waals surface area (Å²) in [6, 6.07) is 21.5. The van der Waals surface area contributed by atoms with Crippen LogP contribution in [0, 0.1) is 11.3 Å². The van der Waals surface area contributed by atoms with E-state index in [4.69, 9.17) is 29.1 Å². The second kappa shape index (κ2) is 11.0. The molecule has 172 valence electrons. The Labute approximate surface area is 210 Å². The van der Waals surface area contributed by atoms with Gasteiger partial charge in [-0.3, -0.25) is 0 Å². The molecule has 8 heteroatoms. The van der Waals surface area contributed by atoms with Gasteiger partial charge in [0.2, 0.25) is 0 Å². The van der Waals surface area contributed by atoms with E-state index >= 15 is 0 Å². The number of aromatic nitrogens is 3. The first-order chi connectivity index (χ1) is 16.5. The first kappa shape index (κ1) is 23.6. The number of nitrogens with one attached hydrogen (secondary N) is 1. The molecule has 34 heavy (non-hydrogen) atoms. The lowest BCUT2D eigenvalue weighted by Gasteiger charge is -2.26. The van der Waals surface area contributed by atoms with Crippen molar-refractivity contribution in [3.8, 4) is 6.07 Å². The molecule has 0 fully saturated rings. The van der Waals surface area contributed by atoms with E-state index in [1.807, 2.05) is 80.4 Å². The number of hydrogen-bond acceptors (Lipinski definition) is 3. The smallest absolute Gasteiger partial charge is 0.173 e. The van der Waals surface area contributed by atoms with E-state index in [1.165, 1.54) is 5.69 Å². The van der Waals surface area contributed by atoms with Gasteiger partial charge < -0.3 is 19.4 Å². The highest BCUT2D eigenvalue weighted by atomic mass is 35.5. The van der Waals surface area contributed by atoms with Crippen molar-refractivity contribution in [2.75, 3.05) is 11.9 Å². The molecule has 0 bridgehead atoms. The van der Waals surface area contributed by atoms with Crippen LogP contribution in [0.5, 0.6) is 0 Å². The Morgan fingerprint density at radius 2 is 1.88 bits per heavy atom. The molecule has 0 spiro atoms. The third-order valence-electron chi connectivity index (χ3n) is 5.66. The highest BCUT2D eigenvalue weighted by molar-refractivity contribution is 7.80. The van der Waals surface area contributed by atoms with Gasteiger partial charge in [0.1, 0.15) is 0 Å². The fourth-order valence-corrected chi connectivity index (χ4v) is 4.07. The minimum atomic E-state index is 0.654. The fraction of sp³-hybridized carbons (Fsp3) is 0.192. The largest absolute Gasteiger partial charge is 0.353 e. The second-order valence-electron chi connectivity index (χ2n) is 8.04. The van der Waals surface area contributed by atoms with Crippen LogP contribution in [0.3, 0.4) is 0 Å². The molecule has 0 amide bonds. The molecule has 0 aliphatic heterocycles. The summed E-state index contributed by atoms with van der Waals surface area (Å²) in [5.41, 5.74) is 4.98. The summed E-state index contributed by atoms with van der Waals surface area (Å²) in [5.74, 6) is 0. The molecule has 0 aliphatic rings. The molecular weight excluding hydrogens is 464 g/mol. The second-order valence-corrected chi connectivity index (χ2v) is 8.86. The van der Waals surface area contributed by atoms with Gasteiger partial charge in [-0.05, 0) is 66.3 Å². The van der Waals surface area contributed by atoms with E-state index in [2.05, 4.69) is 36.5 Å². The number of benzene rings is 2. The zero-order valence-electron chi connectivity index (χ0n) is 18.9. The first-order valence-electron chi connectivity index (χ1n) is 10.9. The number of nitriles is 1. The number of thiocarbonyl (C=S) groups is 1. The molecule has 0 radical (unpaired) electrons. The molecule has 0 aliphatic carbocycles. The average Bonchev–Trinajstić information content (AvgIpc) is 3.46. The molecule has 4 rings (SSSR count). The predicted molar refractivity (Wildman–Crippen MR) is 140 cm³/mol. The van der Waals surface area contributed by atoms with Gasteiger partial charge in [-0.1, -0.05) is 23.7 Å². The molecular formula is C26H25ClN6S. The van der Waals surface area contributed by atoms with Crippen molar-refractivity contribution in [2.45, 2.75) is 19.5 Å². The van der Waals surface area contributed by atoms with Crippen molar-refractivity contribution >= 4 is 34.6 Å². The fourth-order valence-electron chi connectivity index (χ4n) is 3.67. The average molecular weight is 489 g/mol. The minimum Gasteiger partial charge on any atom is -0.353 e. The highest BCUT2D eigenvalue weighted by Crippen LogP contribution is 2.16. The quantitative estimate of drug-likeness (QED) is 0.344. The zero-order valence-corrected chi connectivity index (χ0v) is 20.4. The van der Waals surface area contributed by atoms with Crippen molar-refractivity contribution < 1.29 is 0 Å². The number of halogens is 1. The SMILES string of the molecule is Cn1cccc1CN(CCc1cncn1Cc1ccc(C#N)cc1)C(=S)Nc1ccc(Cl)cc1. The Morgan fingerprint density at radius 3 is 2.56 bits per heavy atom. The molecule has 2 heterocycles. The molecule has 0 unspecified atom stereocenters. The maximum Gasteiger partial charge on any atom is 0.173 e. The predicted octanol–water partition coefficient (Wildman–Crippen LogP) is 5.24.